The summed E-state index contributed by atoms with van der Waals surface area (Å²) < 4.78 is 45.3. The molecular weight excluding hydrogens is 473 g/mol. The first kappa shape index (κ1) is 25.9. The van der Waals surface area contributed by atoms with E-state index in [9.17, 15) is 22.4 Å². The molecule has 0 fully saturated rings. The fraction of sp³-hybridized carbons (Fsp3) is 0.200. The van der Waals surface area contributed by atoms with Gasteiger partial charge in [0.25, 0.3) is 0 Å². The molecule has 0 aliphatic heterocycles. The number of sulfonamides is 1. The molecule has 0 bridgehead atoms. The van der Waals surface area contributed by atoms with E-state index in [0.29, 0.717) is 17.0 Å². The van der Waals surface area contributed by atoms with Gasteiger partial charge in [-0.2, -0.15) is 4.31 Å². The molecule has 8 nitrogen and oxygen atoms in total. The van der Waals surface area contributed by atoms with Crippen molar-refractivity contribution in [3.05, 3.63) is 89.7 Å². The van der Waals surface area contributed by atoms with Gasteiger partial charge < -0.3 is 15.4 Å². The maximum atomic E-state index is 13.2. The number of ether oxygens (including phenoxy) is 1. The lowest BCUT2D eigenvalue weighted by Crippen LogP contribution is -2.38. The summed E-state index contributed by atoms with van der Waals surface area (Å²) in [5.74, 6) is -0.451. The third-order valence-electron chi connectivity index (χ3n) is 4.96. The Labute approximate surface area is 203 Å². The summed E-state index contributed by atoms with van der Waals surface area (Å²) in [7, 11) is -2.56. The number of hydrogen-bond acceptors (Lipinski definition) is 5. The third kappa shape index (κ3) is 7.62. The highest BCUT2D eigenvalue weighted by Gasteiger charge is 2.23. The number of carbonyl (C=O) groups is 2. The normalized spacial score (nSPS) is 11.2. The smallest absolute Gasteiger partial charge is 0.243 e. The quantitative estimate of drug-likeness (QED) is 0.445. The van der Waals surface area contributed by atoms with Crippen LogP contribution in [0.3, 0.4) is 0 Å². The first-order chi connectivity index (χ1) is 16.6. The molecule has 0 atom stereocenters. The van der Waals surface area contributed by atoms with Gasteiger partial charge in [0.1, 0.15) is 18.2 Å². The van der Waals surface area contributed by atoms with Crippen molar-refractivity contribution >= 4 is 27.5 Å². The second kappa shape index (κ2) is 11.6. The highest BCUT2D eigenvalue weighted by molar-refractivity contribution is 7.89. The Kier molecular flexibility index (Phi) is 8.56. The SMILES string of the molecule is CC(=O)Nc1ccc(S(=O)(=O)N(C)CC(=O)NCc2ccc(OCc3cccc(F)c3)cc2)cc1. The van der Waals surface area contributed by atoms with Crippen LogP contribution in [0.25, 0.3) is 0 Å². The minimum absolute atomic E-state index is 0.00994. The van der Waals surface area contributed by atoms with Crippen LogP contribution >= 0.6 is 0 Å². The molecule has 0 radical (unpaired) electrons. The fourth-order valence-corrected chi connectivity index (χ4v) is 4.26. The predicted octanol–water partition coefficient (Wildman–Crippen LogP) is 3.30. The van der Waals surface area contributed by atoms with Crippen LogP contribution in [0.5, 0.6) is 5.75 Å². The van der Waals surface area contributed by atoms with E-state index in [1.807, 2.05) is 0 Å². The summed E-state index contributed by atoms with van der Waals surface area (Å²) in [6.07, 6.45) is 0. The zero-order chi connectivity index (χ0) is 25.4. The molecule has 10 heteroatoms. The van der Waals surface area contributed by atoms with Gasteiger partial charge in [-0.1, -0.05) is 24.3 Å². The summed E-state index contributed by atoms with van der Waals surface area (Å²) in [6, 6.07) is 18.9. The van der Waals surface area contributed by atoms with Crippen molar-refractivity contribution in [3.8, 4) is 5.75 Å². The van der Waals surface area contributed by atoms with Crippen LogP contribution in [-0.4, -0.2) is 38.1 Å². The Balaban J connectivity index is 1.48. The maximum Gasteiger partial charge on any atom is 0.243 e. The van der Waals surface area contributed by atoms with Crippen LogP contribution in [0.2, 0.25) is 0 Å². The van der Waals surface area contributed by atoms with Gasteiger partial charge in [-0.05, 0) is 59.7 Å². The van der Waals surface area contributed by atoms with Gasteiger partial charge in [0.2, 0.25) is 21.8 Å². The molecule has 0 aliphatic carbocycles. The Morgan fingerprint density at radius 1 is 0.971 bits per heavy atom. The first-order valence-corrected chi connectivity index (χ1v) is 12.1. The predicted molar refractivity (Wildman–Crippen MR) is 130 cm³/mol. The van der Waals surface area contributed by atoms with E-state index in [-0.39, 0.29) is 36.3 Å². The number of anilines is 1. The Morgan fingerprint density at radius 3 is 2.29 bits per heavy atom. The minimum atomic E-state index is -3.88. The van der Waals surface area contributed by atoms with Gasteiger partial charge in [-0.25, -0.2) is 12.8 Å². The zero-order valence-corrected chi connectivity index (χ0v) is 20.1. The number of amides is 2. The molecule has 0 unspecified atom stereocenters. The molecule has 184 valence electrons. The molecular formula is C25H26FN3O5S. The Morgan fingerprint density at radius 2 is 1.66 bits per heavy atom. The van der Waals surface area contributed by atoms with Crippen molar-refractivity contribution in [2.24, 2.45) is 0 Å². The molecule has 0 aromatic heterocycles. The molecule has 2 N–H and O–H groups in total. The molecule has 0 saturated carbocycles. The lowest BCUT2D eigenvalue weighted by atomic mass is 10.2. The van der Waals surface area contributed by atoms with E-state index < -0.39 is 15.9 Å². The highest BCUT2D eigenvalue weighted by Crippen LogP contribution is 2.18. The lowest BCUT2D eigenvalue weighted by molar-refractivity contribution is -0.121. The van der Waals surface area contributed by atoms with Crippen LogP contribution in [0.4, 0.5) is 10.1 Å². The molecule has 0 saturated heterocycles. The monoisotopic (exact) mass is 499 g/mol. The van der Waals surface area contributed by atoms with Gasteiger partial charge in [0.05, 0.1) is 11.4 Å². The topological polar surface area (TPSA) is 105 Å². The van der Waals surface area contributed by atoms with Gasteiger partial charge >= 0.3 is 0 Å². The van der Waals surface area contributed by atoms with Crippen LogP contribution in [0.1, 0.15) is 18.1 Å². The number of halogens is 1. The van der Waals surface area contributed by atoms with Crippen LogP contribution in [0, 0.1) is 5.82 Å². The van der Waals surface area contributed by atoms with Crippen molar-refractivity contribution in [1.29, 1.82) is 0 Å². The average molecular weight is 500 g/mol. The van der Waals surface area contributed by atoms with Crippen LogP contribution in [-0.2, 0) is 32.8 Å². The molecule has 3 aromatic carbocycles. The standard InChI is InChI=1S/C25H26FN3O5S/c1-18(30)28-22-8-12-24(13-9-22)35(32,33)29(2)16-25(31)27-15-19-6-10-23(11-7-19)34-17-20-4-3-5-21(26)14-20/h3-14H,15-17H2,1-2H3,(H,27,31)(H,28,30). The molecule has 3 aromatic rings. The van der Waals surface area contributed by atoms with Gasteiger partial charge in [0.15, 0.2) is 0 Å². The molecule has 3 rings (SSSR count). The van der Waals surface area contributed by atoms with E-state index in [4.69, 9.17) is 4.74 Å². The second-order valence-electron chi connectivity index (χ2n) is 7.81. The minimum Gasteiger partial charge on any atom is -0.489 e. The summed E-state index contributed by atoms with van der Waals surface area (Å²) in [5.41, 5.74) is 1.99. The third-order valence-corrected chi connectivity index (χ3v) is 6.77. The molecule has 2 amide bonds. The molecule has 0 aliphatic rings. The van der Waals surface area contributed by atoms with Crippen molar-refractivity contribution in [1.82, 2.24) is 9.62 Å². The second-order valence-corrected chi connectivity index (χ2v) is 9.85. The van der Waals surface area contributed by atoms with Crippen molar-refractivity contribution in [2.75, 3.05) is 18.9 Å². The summed E-state index contributed by atoms with van der Waals surface area (Å²) in [6.45, 7) is 1.44. The maximum absolute atomic E-state index is 13.2. The highest BCUT2D eigenvalue weighted by atomic mass is 32.2. The number of likely N-dealkylation sites (N-methyl/N-ethyl adjacent to an activating group) is 1. The Bertz CT molecular complexity index is 1280. The summed E-state index contributed by atoms with van der Waals surface area (Å²) in [4.78, 5) is 23.4. The number of carbonyl (C=O) groups excluding carboxylic acids is 2. The summed E-state index contributed by atoms with van der Waals surface area (Å²) >= 11 is 0. The number of nitrogens with zero attached hydrogens (tertiary/aromatic N) is 1. The number of nitrogens with one attached hydrogen (secondary N) is 2. The van der Waals surface area contributed by atoms with Crippen molar-refractivity contribution in [2.45, 2.75) is 25.0 Å². The van der Waals surface area contributed by atoms with E-state index in [1.54, 1.807) is 36.4 Å². The van der Waals surface area contributed by atoms with Crippen LogP contribution in [0.15, 0.2) is 77.7 Å². The summed E-state index contributed by atoms with van der Waals surface area (Å²) in [5, 5.41) is 5.26. The van der Waals surface area contributed by atoms with Crippen molar-refractivity contribution < 1.29 is 27.1 Å². The first-order valence-electron chi connectivity index (χ1n) is 10.7. The van der Waals surface area contributed by atoms with Crippen molar-refractivity contribution in [3.63, 3.8) is 0 Å². The molecule has 0 heterocycles. The Hall–Kier alpha value is -3.76. The largest absolute Gasteiger partial charge is 0.489 e. The number of rotatable bonds is 10. The number of hydrogen-bond donors (Lipinski definition) is 2. The molecule has 0 spiro atoms. The van der Waals surface area contributed by atoms with E-state index in [2.05, 4.69) is 10.6 Å². The van der Waals surface area contributed by atoms with Crippen LogP contribution < -0.4 is 15.4 Å². The lowest BCUT2D eigenvalue weighted by Gasteiger charge is -2.17. The van der Waals surface area contributed by atoms with Gasteiger partial charge in [-0.3, -0.25) is 9.59 Å². The van der Waals surface area contributed by atoms with E-state index in [1.165, 1.54) is 50.4 Å². The number of benzene rings is 3. The van der Waals surface area contributed by atoms with Gasteiger partial charge in [-0.15, -0.1) is 0 Å². The molecule has 35 heavy (non-hydrogen) atoms. The zero-order valence-electron chi connectivity index (χ0n) is 19.3. The average Bonchev–Trinajstić information content (AvgIpc) is 2.82. The van der Waals surface area contributed by atoms with E-state index in [0.717, 1.165) is 9.87 Å². The fourth-order valence-electron chi connectivity index (χ4n) is 3.13. The van der Waals surface area contributed by atoms with E-state index >= 15 is 0 Å². The van der Waals surface area contributed by atoms with Gasteiger partial charge in [0, 0.05) is 26.2 Å².